The van der Waals surface area contributed by atoms with Crippen LogP contribution in [0.5, 0.6) is 0 Å². The standard InChI is InChI=1S/C18H37NO2/c1-7-9-11-12-14-18(5,13-10-8-2)16(15(3)4)19-17(20)21-6/h15-16H,7-14H2,1-6H3,(H,19,20)/t16-,18?/m0/s1. The molecule has 3 heteroatoms. The molecular weight excluding hydrogens is 262 g/mol. The third-order valence-corrected chi connectivity index (χ3v) is 4.58. The van der Waals surface area contributed by atoms with E-state index in [1.165, 1.54) is 58.5 Å². The largest absolute Gasteiger partial charge is 0.453 e. The molecule has 2 atom stereocenters. The molecule has 0 aromatic heterocycles. The second-order valence-electron chi connectivity index (χ2n) is 6.93. The Balaban J connectivity index is 4.87. The van der Waals surface area contributed by atoms with Crippen LogP contribution in [0.1, 0.15) is 86.0 Å². The van der Waals surface area contributed by atoms with Gasteiger partial charge in [-0.05, 0) is 24.2 Å². The minimum Gasteiger partial charge on any atom is -0.453 e. The van der Waals surface area contributed by atoms with Gasteiger partial charge in [-0.25, -0.2) is 4.79 Å². The first kappa shape index (κ1) is 20.3. The number of nitrogens with one attached hydrogen (secondary N) is 1. The van der Waals surface area contributed by atoms with Crippen LogP contribution in [0.4, 0.5) is 4.79 Å². The number of hydrogen-bond donors (Lipinski definition) is 1. The summed E-state index contributed by atoms with van der Waals surface area (Å²) in [5.41, 5.74) is 0.159. The molecule has 3 nitrogen and oxygen atoms in total. The van der Waals surface area contributed by atoms with E-state index in [2.05, 4.69) is 39.9 Å². The van der Waals surface area contributed by atoms with Crippen molar-refractivity contribution in [2.24, 2.45) is 11.3 Å². The summed E-state index contributed by atoms with van der Waals surface area (Å²) in [7, 11) is 1.44. The van der Waals surface area contributed by atoms with Crippen molar-refractivity contribution in [1.82, 2.24) is 5.32 Å². The molecule has 0 aliphatic heterocycles. The van der Waals surface area contributed by atoms with Gasteiger partial charge in [-0.1, -0.05) is 73.1 Å². The van der Waals surface area contributed by atoms with Crippen molar-refractivity contribution in [2.75, 3.05) is 7.11 Å². The smallest absolute Gasteiger partial charge is 0.407 e. The molecule has 0 aromatic rings. The first-order valence-electron chi connectivity index (χ1n) is 8.75. The van der Waals surface area contributed by atoms with Gasteiger partial charge >= 0.3 is 6.09 Å². The fourth-order valence-electron chi connectivity index (χ4n) is 3.30. The number of carbonyl (C=O) groups excluding carboxylic acids is 1. The normalized spacial score (nSPS) is 15.6. The van der Waals surface area contributed by atoms with Crippen molar-refractivity contribution in [3.8, 4) is 0 Å². The summed E-state index contributed by atoms with van der Waals surface area (Å²) in [6.07, 6.45) is 9.58. The van der Waals surface area contributed by atoms with Gasteiger partial charge in [0.25, 0.3) is 0 Å². The average molecular weight is 299 g/mol. The van der Waals surface area contributed by atoms with E-state index >= 15 is 0 Å². The second-order valence-corrected chi connectivity index (χ2v) is 6.93. The predicted octanol–water partition coefficient (Wildman–Crippen LogP) is 5.53. The molecule has 0 aromatic carbocycles. The van der Waals surface area contributed by atoms with Crippen molar-refractivity contribution < 1.29 is 9.53 Å². The third kappa shape index (κ3) is 7.73. The van der Waals surface area contributed by atoms with Crippen molar-refractivity contribution in [3.63, 3.8) is 0 Å². The Morgan fingerprint density at radius 1 is 1.05 bits per heavy atom. The van der Waals surface area contributed by atoms with E-state index in [1.807, 2.05) is 0 Å². The molecule has 0 saturated heterocycles. The Morgan fingerprint density at radius 3 is 2.10 bits per heavy atom. The van der Waals surface area contributed by atoms with Crippen LogP contribution in [0, 0.1) is 11.3 Å². The maximum Gasteiger partial charge on any atom is 0.407 e. The van der Waals surface area contributed by atoms with Gasteiger partial charge in [0.05, 0.1) is 7.11 Å². The number of alkyl carbamates (subject to hydrolysis) is 1. The van der Waals surface area contributed by atoms with Gasteiger partial charge < -0.3 is 10.1 Å². The fourth-order valence-corrected chi connectivity index (χ4v) is 3.30. The Bertz CT molecular complexity index is 278. The molecule has 126 valence electrons. The predicted molar refractivity (Wildman–Crippen MR) is 90.6 cm³/mol. The SMILES string of the molecule is CCCCCCC(C)(CCCC)[C@@H](NC(=O)OC)C(C)C. The molecule has 1 unspecified atom stereocenters. The van der Waals surface area contributed by atoms with Crippen molar-refractivity contribution in [3.05, 3.63) is 0 Å². The minimum atomic E-state index is -0.301. The molecule has 0 saturated carbocycles. The second kappa shape index (κ2) is 10.9. The van der Waals surface area contributed by atoms with Crippen LogP contribution in [-0.2, 0) is 4.74 Å². The summed E-state index contributed by atoms with van der Waals surface area (Å²) in [6.45, 7) is 11.2. The lowest BCUT2D eigenvalue weighted by Gasteiger charge is -2.41. The summed E-state index contributed by atoms with van der Waals surface area (Å²) >= 11 is 0. The fraction of sp³-hybridized carbons (Fsp3) is 0.944. The molecule has 0 radical (unpaired) electrons. The third-order valence-electron chi connectivity index (χ3n) is 4.58. The first-order valence-corrected chi connectivity index (χ1v) is 8.75. The molecule has 1 N–H and O–H groups in total. The van der Waals surface area contributed by atoms with E-state index in [-0.39, 0.29) is 17.6 Å². The Morgan fingerprint density at radius 2 is 1.62 bits per heavy atom. The molecule has 21 heavy (non-hydrogen) atoms. The first-order chi connectivity index (χ1) is 9.91. The number of amides is 1. The van der Waals surface area contributed by atoms with Crippen molar-refractivity contribution in [1.29, 1.82) is 0 Å². The van der Waals surface area contributed by atoms with Crippen LogP contribution in [0.15, 0.2) is 0 Å². The van der Waals surface area contributed by atoms with Crippen LogP contribution < -0.4 is 5.32 Å². The zero-order chi connectivity index (χ0) is 16.3. The highest BCUT2D eigenvalue weighted by Crippen LogP contribution is 2.37. The Kier molecular flexibility index (Phi) is 10.5. The minimum absolute atomic E-state index is 0.159. The zero-order valence-electron chi connectivity index (χ0n) is 15.1. The molecule has 0 fully saturated rings. The Labute approximate surface area is 132 Å². The molecule has 0 spiro atoms. The number of rotatable bonds is 11. The van der Waals surface area contributed by atoms with E-state index in [9.17, 15) is 4.79 Å². The van der Waals surface area contributed by atoms with E-state index < -0.39 is 0 Å². The number of hydrogen-bond acceptors (Lipinski definition) is 2. The topological polar surface area (TPSA) is 38.3 Å². The van der Waals surface area contributed by atoms with Gasteiger partial charge in [0.2, 0.25) is 0 Å². The summed E-state index contributed by atoms with van der Waals surface area (Å²) in [4.78, 5) is 11.7. The lowest BCUT2D eigenvalue weighted by atomic mass is 9.70. The van der Waals surface area contributed by atoms with E-state index in [0.29, 0.717) is 5.92 Å². The van der Waals surface area contributed by atoms with Crippen LogP contribution in [0.2, 0.25) is 0 Å². The number of ether oxygens (including phenoxy) is 1. The van der Waals surface area contributed by atoms with Gasteiger partial charge in [-0.2, -0.15) is 0 Å². The molecular formula is C18H37NO2. The summed E-state index contributed by atoms with van der Waals surface area (Å²) in [5, 5.41) is 3.10. The Hall–Kier alpha value is -0.730. The quantitative estimate of drug-likeness (QED) is 0.509. The van der Waals surface area contributed by atoms with Gasteiger partial charge in [0, 0.05) is 6.04 Å². The molecule has 0 aliphatic carbocycles. The van der Waals surface area contributed by atoms with E-state index in [4.69, 9.17) is 4.74 Å². The lowest BCUT2D eigenvalue weighted by molar-refractivity contribution is 0.112. The van der Waals surface area contributed by atoms with Crippen LogP contribution in [0.3, 0.4) is 0 Å². The molecule has 0 bridgehead atoms. The summed E-state index contributed by atoms with van der Waals surface area (Å²) in [5.74, 6) is 0.414. The molecule has 0 aliphatic rings. The molecule has 0 rings (SSSR count). The average Bonchev–Trinajstić information content (AvgIpc) is 2.46. The van der Waals surface area contributed by atoms with Crippen molar-refractivity contribution in [2.45, 2.75) is 92.0 Å². The summed E-state index contributed by atoms with van der Waals surface area (Å²) < 4.78 is 4.82. The molecule has 1 amide bonds. The zero-order valence-corrected chi connectivity index (χ0v) is 15.1. The van der Waals surface area contributed by atoms with E-state index in [0.717, 1.165) is 0 Å². The van der Waals surface area contributed by atoms with Crippen molar-refractivity contribution >= 4 is 6.09 Å². The van der Waals surface area contributed by atoms with Gasteiger partial charge in [-0.15, -0.1) is 0 Å². The van der Waals surface area contributed by atoms with Gasteiger partial charge in [-0.3, -0.25) is 0 Å². The number of unbranched alkanes of at least 4 members (excludes halogenated alkanes) is 4. The number of methoxy groups -OCH3 is 1. The lowest BCUT2D eigenvalue weighted by Crippen LogP contribution is -2.49. The number of carbonyl (C=O) groups is 1. The highest BCUT2D eigenvalue weighted by molar-refractivity contribution is 5.67. The highest BCUT2D eigenvalue weighted by Gasteiger charge is 2.36. The van der Waals surface area contributed by atoms with Crippen LogP contribution in [-0.4, -0.2) is 19.2 Å². The maximum atomic E-state index is 11.7. The highest BCUT2D eigenvalue weighted by atomic mass is 16.5. The molecule has 0 heterocycles. The van der Waals surface area contributed by atoms with E-state index in [1.54, 1.807) is 0 Å². The summed E-state index contributed by atoms with van der Waals surface area (Å²) in [6, 6.07) is 0.179. The van der Waals surface area contributed by atoms with Crippen LogP contribution in [0.25, 0.3) is 0 Å². The van der Waals surface area contributed by atoms with Gasteiger partial charge in [0.15, 0.2) is 0 Å². The van der Waals surface area contributed by atoms with Gasteiger partial charge in [0.1, 0.15) is 0 Å². The van der Waals surface area contributed by atoms with Crippen LogP contribution >= 0.6 is 0 Å². The maximum absolute atomic E-state index is 11.7. The monoisotopic (exact) mass is 299 g/mol.